The molecular formula is C21H27FN4O. The largest absolute Gasteiger partial charge is 0.370 e. The minimum absolute atomic E-state index is 0.0263. The number of hydrogen-bond acceptors (Lipinski definition) is 4. The van der Waals surface area contributed by atoms with E-state index in [0.717, 1.165) is 30.9 Å². The van der Waals surface area contributed by atoms with Crippen LogP contribution >= 0.6 is 0 Å². The number of pyridine rings is 1. The summed E-state index contributed by atoms with van der Waals surface area (Å²) in [7, 11) is 3.72. The molecule has 0 bridgehead atoms. The van der Waals surface area contributed by atoms with E-state index in [1.54, 1.807) is 6.07 Å². The Morgan fingerprint density at radius 2 is 1.96 bits per heavy atom. The molecule has 0 spiro atoms. The van der Waals surface area contributed by atoms with E-state index in [1.165, 1.54) is 12.1 Å². The van der Waals surface area contributed by atoms with Gasteiger partial charge in [0.05, 0.1) is 0 Å². The number of amides is 1. The van der Waals surface area contributed by atoms with Gasteiger partial charge >= 0.3 is 0 Å². The molecule has 2 heterocycles. The lowest BCUT2D eigenvalue weighted by molar-refractivity contribution is -0.136. The van der Waals surface area contributed by atoms with E-state index in [4.69, 9.17) is 0 Å². The van der Waals surface area contributed by atoms with E-state index < -0.39 is 6.04 Å². The van der Waals surface area contributed by atoms with Crippen LogP contribution in [0.15, 0.2) is 42.6 Å². The van der Waals surface area contributed by atoms with Crippen LogP contribution in [-0.2, 0) is 4.79 Å². The first-order chi connectivity index (χ1) is 13.0. The van der Waals surface area contributed by atoms with Crippen LogP contribution in [0.2, 0.25) is 0 Å². The first-order valence-electron chi connectivity index (χ1n) is 9.34. The van der Waals surface area contributed by atoms with E-state index in [2.05, 4.69) is 16.0 Å². The lowest BCUT2D eigenvalue weighted by atomic mass is 10.0. The van der Waals surface area contributed by atoms with Crippen LogP contribution in [0.5, 0.6) is 0 Å². The summed E-state index contributed by atoms with van der Waals surface area (Å²) in [5.41, 5.74) is 2.82. The van der Waals surface area contributed by atoms with E-state index >= 15 is 0 Å². The third-order valence-electron chi connectivity index (χ3n) is 4.97. The maximum absolute atomic E-state index is 13.7. The molecule has 0 N–H and O–H groups in total. The van der Waals surface area contributed by atoms with Crippen molar-refractivity contribution in [1.82, 2.24) is 14.8 Å². The first-order valence-corrected chi connectivity index (χ1v) is 9.34. The molecule has 1 atom stereocenters. The molecule has 6 heteroatoms. The summed E-state index contributed by atoms with van der Waals surface area (Å²) in [5, 5.41) is 0. The van der Waals surface area contributed by atoms with Gasteiger partial charge in [0.1, 0.15) is 11.9 Å². The fraction of sp³-hybridized carbons (Fsp3) is 0.429. The maximum Gasteiger partial charge on any atom is 0.244 e. The van der Waals surface area contributed by atoms with Gasteiger partial charge < -0.3 is 9.80 Å². The predicted octanol–water partition coefficient (Wildman–Crippen LogP) is 2.87. The van der Waals surface area contributed by atoms with Crippen LogP contribution in [0.3, 0.4) is 0 Å². The smallest absolute Gasteiger partial charge is 0.244 e. The molecular weight excluding hydrogens is 343 g/mol. The van der Waals surface area contributed by atoms with Gasteiger partial charge in [-0.1, -0.05) is 12.1 Å². The van der Waals surface area contributed by atoms with Crippen molar-refractivity contribution < 1.29 is 9.18 Å². The van der Waals surface area contributed by atoms with Crippen molar-refractivity contribution in [2.45, 2.75) is 19.4 Å². The van der Waals surface area contributed by atoms with Gasteiger partial charge in [0, 0.05) is 43.8 Å². The van der Waals surface area contributed by atoms with Crippen LogP contribution in [-0.4, -0.2) is 61.0 Å². The third kappa shape index (κ3) is 4.63. The van der Waals surface area contributed by atoms with Gasteiger partial charge in [-0.25, -0.2) is 4.39 Å². The summed E-state index contributed by atoms with van der Waals surface area (Å²) in [6.07, 6.45) is 2.72. The molecule has 1 amide bonds. The van der Waals surface area contributed by atoms with E-state index in [1.807, 2.05) is 49.1 Å². The van der Waals surface area contributed by atoms with Crippen molar-refractivity contribution >= 4 is 11.6 Å². The lowest BCUT2D eigenvalue weighted by Gasteiger charge is -2.30. The minimum Gasteiger partial charge on any atom is -0.370 e. The van der Waals surface area contributed by atoms with Crippen LogP contribution in [0.1, 0.15) is 23.7 Å². The topological polar surface area (TPSA) is 39.7 Å². The van der Waals surface area contributed by atoms with Gasteiger partial charge in [0.25, 0.3) is 0 Å². The molecule has 27 heavy (non-hydrogen) atoms. The Hall–Kier alpha value is -2.47. The van der Waals surface area contributed by atoms with Crippen LogP contribution in [0.25, 0.3) is 0 Å². The Morgan fingerprint density at radius 1 is 1.15 bits per heavy atom. The quantitative estimate of drug-likeness (QED) is 0.830. The van der Waals surface area contributed by atoms with E-state index in [0.29, 0.717) is 18.7 Å². The number of nitrogens with zero attached hydrogens (tertiary/aromatic N) is 4. The Labute approximate surface area is 160 Å². The Kier molecular flexibility index (Phi) is 6.06. The number of halogens is 1. The second-order valence-corrected chi connectivity index (χ2v) is 7.24. The fourth-order valence-corrected chi connectivity index (χ4v) is 3.63. The number of aromatic nitrogens is 1. The van der Waals surface area contributed by atoms with Crippen LogP contribution in [0.4, 0.5) is 10.1 Å². The molecule has 3 rings (SSSR count). The molecule has 1 saturated heterocycles. The van der Waals surface area contributed by atoms with Gasteiger partial charge in [0.15, 0.2) is 0 Å². The predicted molar refractivity (Wildman–Crippen MR) is 105 cm³/mol. The van der Waals surface area contributed by atoms with Crippen molar-refractivity contribution in [3.63, 3.8) is 0 Å². The van der Waals surface area contributed by atoms with Crippen molar-refractivity contribution in [3.05, 3.63) is 59.7 Å². The summed E-state index contributed by atoms with van der Waals surface area (Å²) in [4.78, 5) is 23.6. The molecule has 1 aliphatic heterocycles. The summed E-state index contributed by atoms with van der Waals surface area (Å²) in [5.74, 6) is -0.291. The Balaban J connectivity index is 1.74. The lowest BCUT2D eigenvalue weighted by Crippen LogP contribution is -2.42. The molecule has 1 aromatic heterocycles. The SMILES string of the molecule is Cc1cc(N2CCCN(C(=O)C(c3cccc(F)c3)N(C)C)CC2)ccn1. The molecule has 144 valence electrons. The second-order valence-electron chi connectivity index (χ2n) is 7.24. The number of carbonyl (C=O) groups excluding carboxylic acids is 1. The van der Waals surface area contributed by atoms with E-state index in [9.17, 15) is 9.18 Å². The zero-order chi connectivity index (χ0) is 19.4. The minimum atomic E-state index is -0.476. The molecule has 0 aliphatic carbocycles. The van der Waals surface area contributed by atoms with Crippen LogP contribution < -0.4 is 4.90 Å². The molecule has 0 saturated carbocycles. The van der Waals surface area contributed by atoms with Gasteiger partial charge in [-0.05, 0) is 57.3 Å². The molecule has 1 aliphatic rings. The number of anilines is 1. The molecule has 1 fully saturated rings. The van der Waals surface area contributed by atoms with Gasteiger partial charge in [0.2, 0.25) is 5.91 Å². The monoisotopic (exact) mass is 370 g/mol. The highest BCUT2D eigenvalue weighted by atomic mass is 19.1. The van der Waals surface area contributed by atoms with Crippen molar-refractivity contribution in [3.8, 4) is 0 Å². The highest BCUT2D eigenvalue weighted by Gasteiger charge is 2.29. The second kappa shape index (κ2) is 8.48. The van der Waals surface area contributed by atoms with Crippen LogP contribution in [0, 0.1) is 12.7 Å². The standard InChI is InChI=1S/C21H27FN4O/c1-16-14-19(8-9-23-16)25-10-5-11-26(13-12-25)21(27)20(24(2)3)17-6-4-7-18(22)15-17/h4,6-9,14-15,20H,5,10-13H2,1-3H3. The Bertz CT molecular complexity index is 795. The summed E-state index contributed by atoms with van der Waals surface area (Å²) in [6.45, 7) is 5.02. The van der Waals surface area contributed by atoms with Crippen molar-refractivity contribution in [1.29, 1.82) is 0 Å². The summed E-state index contributed by atoms with van der Waals surface area (Å²) in [6, 6.07) is 9.94. The van der Waals surface area contributed by atoms with Crippen molar-refractivity contribution in [2.24, 2.45) is 0 Å². The molecule has 1 aromatic carbocycles. The molecule has 1 unspecified atom stereocenters. The third-order valence-corrected chi connectivity index (χ3v) is 4.97. The number of benzene rings is 1. The number of aryl methyl sites for hydroxylation is 1. The summed E-state index contributed by atoms with van der Waals surface area (Å²) >= 11 is 0. The highest BCUT2D eigenvalue weighted by Crippen LogP contribution is 2.23. The highest BCUT2D eigenvalue weighted by molar-refractivity contribution is 5.83. The number of carbonyl (C=O) groups is 1. The zero-order valence-electron chi connectivity index (χ0n) is 16.2. The Morgan fingerprint density at radius 3 is 2.67 bits per heavy atom. The maximum atomic E-state index is 13.7. The van der Waals surface area contributed by atoms with Gasteiger partial charge in [-0.3, -0.25) is 14.7 Å². The first kappa shape index (κ1) is 19.3. The molecule has 5 nitrogen and oxygen atoms in total. The molecule has 0 radical (unpaired) electrons. The van der Waals surface area contributed by atoms with Gasteiger partial charge in [-0.15, -0.1) is 0 Å². The average molecular weight is 370 g/mol. The zero-order valence-corrected chi connectivity index (χ0v) is 16.2. The number of rotatable bonds is 4. The summed E-state index contributed by atoms with van der Waals surface area (Å²) < 4.78 is 13.7. The molecule has 2 aromatic rings. The van der Waals surface area contributed by atoms with E-state index in [-0.39, 0.29) is 11.7 Å². The normalized spacial score (nSPS) is 16.3. The number of likely N-dealkylation sites (N-methyl/N-ethyl adjacent to an activating group) is 1. The number of hydrogen-bond donors (Lipinski definition) is 0. The fourth-order valence-electron chi connectivity index (χ4n) is 3.63. The average Bonchev–Trinajstić information content (AvgIpc) is 2.88. The van der Waals surface area contributed by atoms with Crippen molar-refractivity contribution in [2.75, 3.05) is 45.2 Å². The van der Waals surface area contributed by atoms with Gasteiger partial charge in [-0.2, -0.15) is 0 Å².